The Morgan fingerprint density at radius 3 is 2.26 bits per heavy atom. The summed E-state index contributed by atoms with van der Waals surface area (Å²) < 4.78 is 16.2. The van der Waals surface area contributed by atoms with Crippen molar-refractivity contribution in [3.05, 3.63) is 59.6 Å². The highest BCUT2D eigenvalue weighted by Gasteiger charge is 2.14. The van der Waals surface area contributed by atoms with E-state index in [-0.39, 0.29) is 11.1 Å². The van der Waals surface area contributed by atoms with Crippen LogP contribution in [0.5, 0.6) is 11.5 Å². The lowest BCUT2D eigenvalue weighted by Gasteiger charge is -2.06. The van der Waals surface area contributed by atoms with Crippen LogP contribution < -0.4 is 20.3 Å². The Labute approximate surface area is 155 Å². The van der Waals surface area contributed by atoms with E-state index >= 15 is 0 Å². The maximum Gasteiger partial charge on any atom is 0.263 e. The summed E-state index contributed by atoms with van der Waals surface area (Å²) in [6.07, 6.45) is 0. The topological polar surface area (TPSA) is 90.1 Å². The molecule has 0 unspecified atom stereocenters. The van der Waals surface area contributed by atoms with Crippen molar-refractivity contribution in [1.29, 1.82) is 0 Å². The summed E-state index contributed by atoms with van der Waals surface area (Å²) in [5.74, 6) is 0.242. The van der Waals surface area contributed by atoms with Gasteiger partial charge in [0.05, 0.1) is 19.9 Å². The summed E-state index contributed by atoms with van der Waals surface area (Å²) >= 11 is 0. The molecule has 0 fully saturated rings. The Hall–Kier alpha value is -3.61. The minimum absolute atomic E-state index is 0.0941. The molecule has 0 aliphatic carbocycles. The molecule has 0 radical (unpaired) electrons. The fourth-order valence-electron chi connectivity index (χ4n) is 2.48. The van der Waals surface area contributed by atoms with Gasteiger partial charge in [0.15, 0.2) is 0 Å². The van der Waals surface area contributed by atoms with Gasteiger partial charge in [-0.2, -0.15) is 0 Å². The highest BCUT2D eigenvalue weighted by atomic mass is 16.5. The van der Waals surface area contributed by atoms with E-state index in [1.54, 1.807) is 62.8 Å². The number of carbonyl (C=O) groups excluding carboxylic acids is 2. The Bertz CT molecular complexity index is 1070. The van der Waals surface area contributed by atoms with Crippen LogP contribution >= 0.6 is 0 Å². The van der Waals surface area contributed by atoms with Gasteiger partial charge in [-0.05, 0) is 48.5 Å². The maximum absolute atomic E-state index is 12.5. The van der Waals surface area contributed by atoms with Crippen LogP contribution in [0.3, 0.4) is 0 Å². The van der Waals surface area contributed by atoms with Gasteiger partial charge in [-0.3, -0.25) is 14.9 Å². The van der Waals surface area contributed by atoms with Crippen LogP contribution in [0.4, 0.5) is 5.69 Å². The molecular formula is C20H18N2O5. The number of nitrogens with zero attached hydrogens (tertiary/aromatic N) is 1. The van der Waals surface area contributed by atoms with Crippen molar-refractivity contribution in [1.82, 2.24) is 5.32 Å². The first-order chi connectivity index (χ1) is 13.0. The van der Waals surface area contributed by atoms with Gasteiger partial charge in [-0.1, -0.05) is 0 Å². The Morgan fingerprint density at radius 2 is 1.63 bits per heavy atom. The SMILES string of the molecule is COc1ccc(N=c2oc3ccc(OC)cc3cc2C(=O)NC(C)=O)cc1. The number of benzene rings is 2. The zero-order chi connectivity index (χ0) is 19.4. The van der Waals surface area contributed by atoms with Crippen LogP contribution in [-0.2, 0) is 4.79 Å². The zero-order valence-corrected chi connectivity index (χ0v) is 15.1. The van der Waals surface area contributed by atoms with Gasteiger partial charge in [0.25, 0.3) is 5.91 Å². The number of hydrogen-bond acceptors (Lipinski definition) is 6. The van der Waals surface area contributed by atoms with Crippen molar-refractivity contribution in [2.24, 2.45) is 4.99 Å². The van der Waals surface area contributed by atoms with E-state index in [0.29, 0.717) is 28.2 Å². The number of methoxy groups -OCH3 is 2. The average Bonchev–Trinajstić information content (AvgIpc) is 2.67. The molecule has 3 aromatic rings. The third-order valence-corrected chi connectivity index (χ3v) is 3.79. The molecule has 0 spiro atoms. The van der Waals surface area contributed by atoms with Crippen molar-refractivity contribution in [3.63, 3.8) is 0 Å². The molecule has 0 atom stereocenters. The van der Waals surface area contributed by atoms with Crippen LogP contribution in [0, 0.1) is 0 Å². The number of nitrogens with one attached hydrogen (secondary N) is 1. The average molecular weight is 366 g/mol. The Balaban J connectivity index is 2.19. The summed E-state index contributed by atoms with van der Waals surface area (Å²) in [7, 11) is 3.12. The summed E-state index contributed by atoms with van der Waals surface area (Å²) in [5, 5.41) is 2.90. The van der Waals surface area contributed by atoms with Crippen LogP contribution in [-0.4, -0.2) is 26.0 Å². The first-order valence-electron chi connectivity index (χ1n) is 8.13. The molecule has 2 aromatic carbocycles. The van der Waals surface area contributed by atoms with E-state index in [1.165, 1.54) is 6.92 Å². The normalized spacial score (nSPS) is 11.3. The molecule has 27 heavy (non-hydrogen) atoms. The number of imide groups is 1. The van der Waals surface area contributed by atoms with Gasteiger partial charge in [0, 0.05) is 12.3 Å². The quantitative estimate of drug-likeness (QED) is 0.767. The number of rotatable bonds is 4. The molecule has 138 valence electrons. The molecule has 7 heteroatoms. The van der Waals surface area contributed by atoms with Gasteiger partial charge < -0.3 is 13.9 Å². The fraction of sp³-hybridized carbons (Fsp3) is 0.150. The molecule has 0 bridgehead atoms. The summed E-state index contributed by atoms with van der Waals surface area (Å²) in [5.41, 5.74) is 1.34. The van der Waals surface area contributed by atoms with Crippen molar-refractivity contribution in [3.8, 4) is 11.5 Å². The van der Waals surface area contributed by atoms with E-state index in [4.69, 9.17) is 13.9 Å². The van der Waals surface area contributed by atoms with Crippen molar-refractivity contribution in [2.45, 2.75) is 6.92 Å². The van der Waals surface area contributed by atoms with Crippen molar-refractivity contribution >= 4 is 28.5 Å². The van der Waals surface area contributed by atoms with E-state index in [9.17, 15) is 9.59 Å². The van der Waals surface area contributed by atoms with Gasteiger partial charge in [0.2, 0.25) is 11.5 Å². The van der Waals surface area contributed by atoms with Crippen molar-refractivity contribution in [2.75, 3.05) is 14.2 Å². The molecule has 0 aliphatic rings. The van der Waals surface area contributed by atoms with E-state index in [0.717, 1.165) is 0 Å². The highest BCUT2D eigenvalue weighted by Crippen LogP contribution is 2.21. The lowest BCUT2D eigenvalue weighted by molar-refractivity contribution is -0.118. The number of fused-ring (bicyclic) bond motifs is 1. The third kappa shape index (κ3) is 4.14. The summed E-state index contributed by atoms with van der Waals surface area (Å²) in [6, 6.07) is 13.8. The summed E-state index contributed by atoms with van der Waals surface area (Å²) in [4.78, 5) is 28.2. The molecule has 1 heterocycles. The number of carbonyl (C=O) groups is 2. The standard InChI is InChI=1S/C20H18N2O5/c1-12(23)21-19(24)17-11-13-10-16(26-3)8-9-18(13)27-20(17)22-14-4-6-15(25-2)7-5-14/h4-11H,1-3H3,(H,21,23,24). The van der Waals surface area contributed by atoms with Gasteiger partial charge in [-0.15, -0.1) is 0 Å². The number of amides is 2. The molecule has 0 aliphatic heterocycles. The fourth-order valence-corrected chi connectivity index (χ4v) is 2.48. The minimum Gasteiger partial charge on any atom is -0.497 e. The molecule has 0 saturated heterocycles. The lowest BCUT2D eigenvalue weighted by Crippen LogP contribution is -2.32. The summed E-state index contributed by atoms with van der Waals surface area (Å²) in [6.45, 7) is 1.26. The first kappa shape index (κ1) is 18.2. The van der Waals surface area contributed by atoms with E-state index in [2.05, 4.69) is 10.3 Å². The highest BCUT2D eigenvalue weighted by molar-refractivity contribution is 6.05. The van der Waals surface area contributed by atoms with E-state index < -0.39 is 11.8 Å². The minimum atomic E-state index is -0.594. The second kappa shape index (κ2) is 7.74. The molecule has 7 nitrogen and oxygen atoms in total. The predicted octanol–water partition coefficient (Wildman–Crippen LogP) is 2.96. The number of ether oxygens (including phenoxy) is 2. The molecule has 1 aromatic heterocycles. The molecule has 2 amide bonds. The predicted molar refractivity (Wildman–Crippen MR) is 99.1 cm³/mol. The van der Waals surface area contributed by atoms with Crippen LogP contribution in [0.25, 0.3) is 11.0 Å². The van der Waals surface area contributed by atoms with Gasteiger partial charge >= 0.3 is 0 Å². The van der Waals surface area contributed by atoms with Crippen LogP contribution in [0.2, 0.25) is 0 Å². The zero-order valence-electron chi connectivity index (χ0n) is 15.1. The third-order valence-electron chi connectivity index (χ3n) is 3.79. The second-order valence-electron chi connectivity index (χ2n) is 5.69. The van der Waals surface area contributed by atoms with Crippen LogP contribution in [0.15, 0.2) is 57.9 Å². The smallest absolute Gasteiger partial charge is 0.263 e. The Morgan fingerprint density at radius 1 is 0.963 bits per heavy atom. The lowest BCUT2D eigenvalue weighted by atomic mass is 10.1. The van der Waals surface area contributed by atoms with E-state index in [1.807, 2.05) is 0 Å². The second-order valence-corrected chi connectivity index (χ2v) is 5.69. The van der Waals surface area contributed by atoms with Gasteiger partial charge in [0.1, 0.15) is 22.6 Å². The molecular weight excluding hydrogens is 348 g/mol. The number of hydrogen-bond donors (Lipinski definition) is 1. The molecule has 0 saturated carbocycles. The monoisotopic (exact) mass is 366 g/mol. The first-order valence-corrected chi connectivity index (χ1v) is 8.13. The molecule has 3 rings (SSSR count). The largest absolute Gasteiger partial charge is 0.497 e. The Kier molecular flexibility index (Phi) is 5.21. The van der Waals surface area contributed by atoms with Crippen molar-refractivity contribution < 1.29 is 23.5 Å². The van der Waals surface area contributed by atoms with Gasteiger partial charge in [-0.25, -0.2) is 4.99 Å². The molecule has 1 N–H and O–H groups in total. The van der Waals surface area contributed by atoms with Crippen LogP contribution in [0.1, 0.15) is 17.3 Å². The maximum atomic E-state index is 12.5.